The first-order chi connectivity index (χ1) is 15.9. The molecular weight excluding hydrogens is 416 g/mol. The van der Waals surface area contributed by atoms with Crippen molar-refractivity contribution in [2.24, 2.45) is 13.0 Å². The van der Waals surface area contributed by atoms with E-state index in [4.69, 9.17) is 0 Å². The number of piperidine rings is 1. The fourth-order valence-corrected chi connectivity index (χ4v) is 6.57. The van der Waals surface area contributed by atoms with Crippen molar-refractivity contribution in [3.63, 3.8) is 0 Å². The van der Waals surface area contributed by atoms with Crippen molar-refractivity contribution < 1.29 is 9.59 Å². The third-order valence-corrected chi connectivity index (χ3v) is 8.79. The van der Waals surface area contributed by atoms with Crippen molar-refractivity contribution in [1.82, 2.24) is 29.6 Å². The molecule has 2 amide bonds. The van der Waals surface area contributed by atoms with E-state index in [1.54, 1.807) is 0 Å². The van der Waals surface area contributed by atoms with E-state index in [-0.39, 0.29) is 23.4 Å². The van der Waals surface area contributed by atoms with Gasteiger partial charge in [-0.25, -0.2) is 4.98 Å². The average Bonchev–Trinajstić information content (AvgIpc) is 3.41. The third-order valence-electron chi connectivity index (χ3n) is 8.79. The lowest BCUT2D eigenvalue weighted by atomic mass is 9.84. The van der Waals surface area contributed by atoms with Gasteiger partial charge in [0, 0.05) is 52.0 Å². The zero-order valence-corrected chi connectivity index (χ0v) is 20.3. The Morgan fingerprint density at radius 3 is 2.64 bits per heavy atom. The first-order valence-electron chi connectivity index (χ1n) is 12.9. The summed E-state index contributed by atoms with van der Waals surface area (Å²) in [5.41, 5.74) is 0.807. The summed E-state index contributed by atoms with van der Waals surface area (Å²) in [6.45, 7) is 4.42. The normalized spacial score (nSPS) is 28.9. The van der Waals surface area contributed by atoms with Crippen molar-refractivity contribution in [2.45, 2.75) is 82.0 Å². The second-order valence-electron chi connectivity index (χ2n) is 11.1. The maximum Gasteiger partial charge on any atom is 0.243 e. The molecule has 1 aromatic heterocycles. The minimum atomic E-state index is -0.384. The van der Waals surface area contributed by atoms with Gasteiger partial charge in [0.1, 0.15) is 6.04 Å². The highest BCUT2D eigenvalue weighted by Crippen LogP contribution is 2.34. The first-order valence-corrected chi connectivity index (χ1v) is 12.9. The van der Waals surface area contributed by atoms with E-state index in [2.05, 4.69) is 31.7 Å². The molecule has 1 spiro atoms. The van der Waals surface area contributed by atoms with Gasteiger partial charge in [-0.15, -0.1) is 0 Å². The molecule has 1 N–H and O–H groups in total. The fraction of sp³-hybridized carbons (Fsp3) is 0.800. The van der Waals surface area contributed by atoms with Crippen LogP contribution in [0.2, 0.25) is 0 Å². The van der Waals surface area contributed by atoms with Crippen LogP contribution in [0.1, 0.15) is 63.5 Å². The maximum atomic E-state index is 13.3. The lowest BCUT2D eigenvalue weighted by Crippen LogP contribution is -2.56. The Hall–Kier alpha value is -1.93. The second-order valence-corrected chi connectivity index (χ2v) is 11.1. The van der Waals surface area contributed by atoms with Crippen molar-refractivity contribution in [2.75, 3.05) is 33.2 Å². The van der Waals surface area contributed by atoms with Crippen LogP contribution in [0.5, 0.6) is 0 Å². The predicted octanol–water partition coefficient (Wildman–Crippen LogP) is 1.76. The number of likely N-dealkylation sites (tertiary alicyclic amines) is 1. The van der Waals surface area contributed by atoms with E-state index in [0.29, 0.717) is 19.0 Å². The molecule has 4 fully saturated rings. The molecule has 8 heteroatoms. The fourth-order valence-electron chi connectivity index (χ4n) is 6.57. The summed E-state index contributed by atoms with van der Waals surface area (Å²) in [6.07, 6.45) is 13.3. The molecule has 0 unspecified atom stereocenters. The first kappa shape index (κ1) is 22.8. The van der Waals surface area contributed by atoms with Gasteiger partial charge < -0.3 is 19.7 Å². The van der Waals surface area contributed by atoms with Crippen LogP contribution in [0, 0.1) is 5.92 Å². The Morgan fingerprint density at radius 2 is 1.94 bits per heavy atom. The molecule has 1 aromatic rings. The van der Waals surface area contributed by atoms with E-state index in [1.165, 1.54) is 37.8 Å². The predicted molar refractivity (Wildman–Crippen MR) is 126 cm³/mol. The molecule has 3 saturated heterocycles. The smallest absolute Gasteiger partial charge is 0.243 e. The van der Waals surface area contributed by atoms with Crippen LogP contribution in [0.4, 0.5) is 0 Å². The van der Waals surface area contributed by atoms with Gasteiger partial charge in [-0.1, -0.05) is 19.3 Å². The molecule has 5 rings (SSSR count). The number of fused-ring (bicyclic) bond motifs is 1. The lowest BCUT2D eigenvalue weighted by Gasteiger charge is -2.41. The van der Waals surface area contributed by atoms with Gasteiger partial charge in [0.15, 0.2) is 0 Å². The van der Waals surface area contributed by atoms with Gasteiger partial charge in [-0.2, -0.15) is 0 Å². The molecule has 0 radical (unpaired) electrons. The number of likely N-dealkylation sites (N-methyl/N-ethyl adjacent to an activating group) is 1. The highest BCUT2D eigenvalue weighted by atomic mass is 16.2. The molecule has 1 saturated carbocycles. The molecular formula is C25H40N6O2. The number of aryl methyl sites for hydroxylation is 1. The van der Waals surface area contributed by atoms with E-state index in [9.17, 15) is 9.59 Å². The SMILES string of the molecule is CN(CC1CCCCC1)[C@H]1C[C@H]2C(=O)NC3(CCN(Cc4cncn4C)CC3)CC(=O)N2C1. The number of nitrogens with zero attached hydrogens (tertiary/aromatic N) is 5. The molecule has 0 bridgehead atoms. The van der Waals surface area contributed by atoms with Gasteiger partial charge in [0.25, 0.3) is 0 Å². The van der Waals surface area contributed by atoms with Gasteiger partial charge >= 0.3 is 0 Å². The Morgan fingerprint density at radius 1 is 1.18 bits per heavy atom. The van der Waals surface area contributed by atoms with E-state index < -0.39 is 0 Å². The summed E-state index contributed by atoms with van der Waals surface area (Å²) >= 11 is 0. The van der Waals surface area contributed by atoms with Crippen LogP contribution in [0.25, 0.3) is 0 Å². The van der Waals surface area contributed by atoms with Crippen LogP contribution in [-0.2, 0) is 23.2 Å². The summed E-state index contributed by atoms with van der Waals surface area (Å²) in [4.78, 5) is 37.6. The standard InChI is InChI=1S/C25H40N6O2/c1-28(15-19-6-4-3-5-7-19)20-12-22-24(33)27-25(13-23(32)31(22)17-20)8-10-30(11-9-25)16-21-14-26-18-29(21)2/h14,18-20,22H,3-13,15-17H2,1-2H3,(H,27,33)/t20-,22-/m0/s1. The average molecular weight is 457 g/mol. The number of nitrogens with one attached hydrogen (secondary N) is 1. The number of imidazole rings is 1. The molecule has 182 valence electrons. The number of rotatable bonds is 5. The second kappa shape index (κ2) is 9.37. The lowest BCUT2D eigenvalue weighted by molar-refractivity contribution is -0.135. The van der Waals surface area contributed by atoms with Crippen LogP contribution < -0.4 is 5.32 Å². The monoisotopic (exact) mass is 456 g/mol. The molecule has 4 heterocycles. The minimum Gasteiger partial charge on any atom is -0.348 e. The Kier molecular flexibility index (Phi) is 6.49. The quantitative estimate of drug-likeness (QED) is 0.731. The topological polar surface area (TPSA) is 73.7 Å². The zero-order chi connectivity index (χ0) is 23.0. The minimum absolute atomic E-state index is 0.0644. The molecule has 8 nitrogen and oxygen atoms in total. The van der Waals surface area contributed by atoms with Gasteiger partial charge in [-0.3, -0.25) is 14.5 Å². The van der Waals surface area contributed by atoms with Crippen molar-refractivity contribution in [1.29, 1.82) is 0 Å². The van der Waals surface area contributed by atoms with Gasteiger partial charge in [0.2, 0.25) is 11.8 Å². The summed E-state index contributed by atoms with van der Waals surface area (Å²) < 4.78 is 2.05. The van der Waals surface area contributed by atoms with Gasteiger partial charge in [-0.05, 0) is 45.1 Å². The van der Waals surface area contributed by atoms with Gasteiger partial charge in [0.05, 0.1) is 24.0 Å². The third kappa shape index (κ3) is 4.83. The van der Waals surface area contributed by atoms with E-state index in [0.717, 1.165) is 51.4 Å². The number of hydrogen-bond acceptors (Lipinski definition) is 5. The Bertz CT molecular complexity index is 827. The van der Waals surface area contributed by atoms with Crippen LogP contribution in [-0.4, -0.2) is 86.9 Å². The van der Waals surface area contributed by atoms with E-state index >= 15 is 0 Å². The summed E-state index contributed by atoms with van der Waals surface area (Å²) in [5, 5.41) is 3.36. The zero-order valence-electron chi connectivity index (χ0n) is 20.3. The highest BCUT2D eigenvalue weighted by Gasteiger charge is 2.49. The highest BCUT2D eigenvalue weighted by molar-refractivity contribution is 5.92. The summed E-state index contributed by atoms with van der Waals surface area (Å²) in [6, 6.07) is -0.00966. The number of hydrogen-bond donors (Lipinski definition) is 1. The number of carbonyl (C=O) groups is 2. The van der Waals surface area contributed by atoms with Crippen LogP contribution >= 0.6 is 0 Å². The Labute approximate surface area is 197 Å². The number of aromatic nitrogens is 2. The van der Waals surface area contributed by atoms with E-state index in [1.807, 2.05) is 24.5 Å². The summed E-state index contributed by atoms with van der Waals surface area (Å²) in [5.74, 6) is 0.995. The molecule has 1 aliphatic carbocycles. The van der Waals surface area contributed by atoms with Crippen molar-refractivity contribution in [3.05, 3.63) is 18.2 Å². The molecule has 0 aromatic carbocycles. The number of amides is 2. The van der Waals surface area contributed by atoms with Crippen molar-refractivity contribution in [3.8, 4) is 0 Å². The molecule has 2 atom stereocenters. The van der Waals surface area contributed by atoms with Crippen molar-refractivity contribution >= 4 is 11.8 Å². The summed E-state index contributed by atoms with van der Waals surface area (Å²) in [7, 11) is 4.21. The Balaban J connectivity index is 1.18. The van der Waals surface area contributed by atoms with Crippen LogP contribution in [0.3, 0.4) is 0 Å². The largest absolute Gasteiger partial charge is 0.348 e. The molecule has 3 aliphatic heterocycles. The molecule has 33 heavy (non-hydrogen) atoms. The number of carbonyl (C=O) groups excluding carboxylic acids is 2. The van der Waals surface area contributed by atoms with Crippen LogP contribution in [0.15, 0.2) is 12.5 Å². The maximum absolute atomic E-state index is 13.3. The molecule has 4 aliphatic rings.